The largest absolute Gasteiger partial charge is 0.508 e. The molecule has 1 aliphatic heterocycles. The van der Waals surface area contributed by atoms with Gasteiger partial charge in [0.05, 0.1) is 41.4 Å². The molecule has 0 saturated heterocycles. The third-order valence-corrected chi connectivity index (χ3v) is 9.91. The number of carbonyl (C=O) groups excluding carboxylic acids is 2. The van der Waals surface area contributed by atoms with Gasteiger partial charge in [0.15, 0.2) is 23.1 Å². The highest BCUT2D eigenvalue weighted by atomic mass is 127. The van der Waals surface area contributed by atoms with E-state index in [9.17, 15) is 29.1 Å². The van der Waals surface area contributed by atoms with Crippen molar-refractivity contribution in [2.75, 3.05) is 14.2 Å². The van der Waals surface area contributed by atoms with E-state index in [0.29, 0.717) is 39.2 Å². The van der Waals surface area contributed by atoms with Crippen LogP contribution in [0.25, 0.3) is 11.0 Å². The van der Waals surface area contributed by atoms with Crippen LogP contribution in [0.2, 0.25) is 0 Å². The predicted molar refractivity (Wildman–Crippen MR) is 178 cm³/mol. The highest BCUT2D eigenvalue weighted by molar-refractivity contribution is 14.1. The summed E-state index contributed by atoms with van der Waals surface area (Å²) in [6, 6.07) is 9.06. The van der Waals surface area contributed by atoms with Crippen LogP contribution < -0.4 is 26.4 Å². The summed E-state index contributed by atoms with van der Waals surface area (Å²) in [7, 11) is 4.60. The Morgan fingerprint density at radius 3 is 2.49 bits per heavy atom. The Morgan fingerprint density at radius 2 is 1.77 bits per heavy atom. The van der Waals surface area contributed by atoms with E-state index < -0.39 is 23.3 Å². The second-order valence-electron chi connectivity index (χ2n) is 11.5. The standard InChI is InChI=1S/C33H28IN5O8/c1-36-24-15-27(47-3)26(46-2)14-22(24)35-21(31(36)43)8-9-37-32(44)38-10-7-18-23(39(38)33(37)45)12-19-25(41)13-20(34)30(42)29(19)28(18)16-5-4-6-17(40)11-16/h4-7,11,13-15,23,28,40H,8-10,12H2,1-3H3/t23-,28+/m1/s1. The molecule has 1 N–H and O–H groups in total. The zero-order valence-electron chi connectivity index (χ0n) is 25.5. The van der Waals surface area contributed by atoms with Crippen LogP contribution >= 0.6 is 22.6 Å². The topological polar surface area (TPSA) is 157 Å². The van der Waals surface area contributed by atoms with Crippen molar-refractivity contribution < 1.29 is 24.2 Å². The van der Waals surface area contributed by atoms with Crippen LogP contribution in [0.15, 0.2) is 83.2 Å². The van der Waals surface area contributed by atoms with E-state index in [1.807, 2.05) is 28.7 Å². The number of hydrogen-bond donors (Lipinski definition) is 1. The average molecular weight is 750 g/mol. The first kappa shape index (κ1) is 30.7. The van der Waals surface area contributed by atoms with Gasteiger partial charge in [0.1, 0.15) is 11.4 Å². The van der Waals surface area contributed by atoms with Gasteiger partial charge in [-0.05, 0) is 45.9 Å². The lowest BCUT2D eigenvalue weighted by Crippen LogP contribution is -2.40. The van der Waals surface area contributed by atoms with Crippen LogP contribution in [-0.4, -0.2) is 54.4 Å². The molecular weight excluding hydrogens is 721 g/mol. The van der Waals surface area contributed by atoms with Gasteiger partial charge in [0.2, 0.25) is 0 Å². The highest BCUT2D eigenvalue weighted by Crippen LogP contribution is 2.50. The number of hydrogen-bond acceptors (Lipinski definition) is 9. The Balaban J connectivity index is 1.29. The van der Waals surface area contributed by atoms with E-state index in [2.05, 4.69) is 4.98 Å². The number of rotatable bonds is 6. The maximum Gasteiger partial charge on any atom is 0.347 e. The van der Waals surface area contributed by atoms with Gasteiger partial charge in [0, 0.05) is 61.7 Å². The van der Waals surface area contributed by atoms with Crippen molar-refractivity contribution in [3.05, 3.63) is 111 Å². The number of phenolic OH excluding ortho intramolecular Hbond substituents is 1. The zero-order valence-corrected chi connectivity index (χ0v) is 27.7. The van der Waals surface area contributed by atoms with Crippen LogP contribution in [-0.2, 0) is 36.1 Å². The average Bonchev–Trinajstić information content (AvgIpc) is 3.31. The summed E-state index contributed by atoms with van der Waals surface area (Å²) in [5.74, 6) is -0.431. The molecule has 240 valence electrons. The maximum atomic E-state index is 14.0. The normalized spacial score (nSPS) is 18.8. The molecule has 0 radical (unpaired) electrons. The molecule has 2 aromatic heterocycles. The number of aromatic hydroxyl groups is 1. The monoisotopic (exact) mass is 749 g/mol. The molecule has 2 aromatic carbocycles. The van der Waals surface area contributed by atoms with Crippen molar-refractivity contribution in [3.63, 3.8) is 0 Å². The van der Waals surface area contributed by atoms with Crippen molar-refractivity contribution in [1.29, 1.82) is 0 Å². The first-order valence-corrected chi connectivity index (χ1v) is 15.8. The van der Waals surface area contributed by atoms with Crippen molar-refractivity contribution in [1.82, 2.24) is 23.5 Å². The second kappa shape index (κ2) is 11.4. The van der Waals surface area contributed by atoms with E-state index in [0.717, 1.165) is 4.57 Å². The van der Waals surface area contributed by atoms with E-state index in [4.69, 9.17) is 9.47 Å². The molecule has 0 amide bonds. The van der Waals surface area contributed by atoms with Crippen LogP contribution in [0.3, 0.4) is 0 Å². The van der Waals surface area contributed by atoms with Gasteiger partial charge in [-0.25, -0.2) is 28.5 Å². The Labute approximate surface area is 279 Å². The Bertz CT molecular complexity index is 2340. The molecule has 7 rings (SSSR count). The van der Waals surface area contributed by atoms with Crippen LogP contribution in [0.1, 0.15) is 29.6 Å². The Hall–Kier alpha value is -4.99. The minimum atomic E-state index is -0.730. The van der Waals surface area contributed by atoms with E-state index in [1.54, 1.807) is 37.4 Å². The number of halogens is 1. The van der Waals surface area contributed by atoms with Crippen molar-refractivity contribution in [3.8, 4) is 17.2 Å². The number of ketones is 2. The van der Waals surface area contributed by atoms with Crippen LogP contribution in [0.4, 0.5) is 0 Å². The van der Waals surface area contributed by atoms with E-state index >= 15 is 0 Å². The summed E-state index contributed by atoms with van der Waals surface area (Å²) in [4.78, 5) is 72.3. The lowest BCUT2D eigenvalue weighted by atomic mass is 9.69. The predicted octanol–water partition coefficient (Wildman–Crippen LogP) is 2.46. The fourth-order valence-electron chi connectivity index (χ4n) is 6.88. The molecule has 2 aliphatic carbocycles. The van der Waals surface area contributed by atoms with Gasteiger partial charge in [-0.15, -0.1) is 0 Å². The summed E-state index contributed by atoms with van der Waals surface area (Å²) in [5, 5.41) is 10.3. The van der Waals surface area contributed by atoms with Gasteiger partial charge in [-0.3, -0.25) is 14.4 Å². The van der Waals surface area contributed by atoms with Crippen molar-refractivity contribution in [2.24, 2.45) is 7.05 Å². The number of methoxy groups -OCH3 is 2. The number of ether oxygens (including phenoxy) is 2. The molecular formula is C33H28IN5O8. The molecule has 4 aromatic rings. The fraction of sp³-hybridized carbons (Fsp3) is 0.273. The molecule has 0 spiro atoms. The van der Waals surface area contributed by atoms with Gasteiger partial charge >= 0.3 is 11.4 Å². The Morgan fingerprint density at radius 1 is 1.02 bits per heavy atom. The highest BCUT2D eigenvalue weighted by Gasteiger charge is 2.45. The molecule has 0 saturated carbocycles. The molecule has 14 heteroatoms. The number of Topliss-reactive ketones (excluding diaryl/α,β-unsaturated/α-hetero) is 1. The molecule has 0 bridgehead atoms. The third kappa shape index (κ3) is 4.72. The van der Waals surface area contributed by atoms with Gasteiger partial charge in [-0.2, -0.15) is 0 Å². The summed E-state index contributed by atoms with van der Waals surface area (Å²) >= 11 is 1.86. The molecule has 47 heavy (non-hydrogen) atoms. The number of allylic oxidation sites excluding steroid dienone is 6. The number of benzene rings is 2. The number of aryl methyl sites for hydroxylation is 2. The Kier molecular flexibility index (Phi) is 7.41. The van der Waals surface area contributed by atoms with E-state index in [-0.39, 0.29) is 63.7 Å². The quantitative estimate of drug-likeness (QED) is 0.178. The summed E-state index contributed by atoms with van der Waals surface area (Å²) in [6.45, 7) is -0.0619. The van der Waals surface area contributed by atoms with Gasteiger partial charge in [-0.1, -0.05) is 18.2 Å². The molecule has 0 unspecified atom stereocenters. The number of aromatic nitrogens is 5. The lowest BCUT2D eigenvalue weighted by Gasteiger charge is -2.39. The van der Waals surface area contributed by atoms with Crippen LogP contribution in [0, 0.1) is 0 Å². The minimum Gasteiger partial charge on any atom is -0.508 e. The fourth-order valence-corrected chi connectivity index (χ4v) is 7.45. The maximum absolute atomic E-state index is 14.0. The first-order chi connectivity index (χ1) is 22.5. The summed E-state index contributed by atoms with van der Waals surface area (Å²) in [6.07, 6.45) is 3.16. The smallest absolute Gasteiger partial charge is 0.347 e. The van der Waals surface area contributed by atoms with E-state index in [1.165, 1.54) is 40.3 Å². The van der Waals surface area contributed by atoms with Crippen molar-refractivity contribution in [2.45, 2.75) is 37.9 Å². The molecule has 3 heterocycles. The molecule has 2 atom stereocenters. The van der Waals surface area contributed by atoms with Crippen molar-refractivity contribution >= 4 is 45.2 Å². The summed E-state index contributed by atoms with van der Waals surface area (Å²) in [5.41, 5.74) is 1.51. The second-order valence-corrected chi connectivity index (χ2v) is 12.7. The number of fused-ring (bicyclic) bond motifs is 4. The molecule has 3 aliphatic rings. The third-order valence-electron chi connectivity index (χ3n) is 9.10. The van der Waals surface area contributed by atoms with Gasteiger partial charge < -0.3 is 19.1 Å². The SMILES string of the molecule is COc1cc2nc(CCn3c(=O)n4n(c3=O)[C@@H]3CC5=C(C(=O)C(I)=CC5=O)[C@@H](c5cccc(O)c5)C3=CC4)c(=O)n(C)c2cc1OC. The van der Waals surface area contributed by atoms with Gasteiger partial charge in [0.25, 0.3) is 5.56 Å². The zero-order chi connectivity index (χ0) is 33.3. The molecule has 13 nitrogen and oxygen atoms in total. The summed E-state index contributed by atoms with van der Waals surface area (Å²) < 4.78 is 16.2. The number of carbonyl (C=O) groups is 2. The molecule has 0 fully saturated rings. The number of phenols is 1. The first-order valence-electron chi connectivity index (χ1n) is 14.8. The number of nitrogens with zero attached hydrogens (tertiary/aromatic N) is 5. The van der Waals surface area contributed by atoms with Crippen LogP contribution in [0.5, 0.6) is 17.2 Å². The lowest BCUT2D eigenvalue weighted by molar-refractivity contribution is -0.115. The minimum absolute atomic E-state index is 0.00148.